The Kier molecular flexibility index (Phi) is 5.62. The van der Waals surface area contributed by atoms with Crippen LogP contribution >= 0.6 is 0 Å². The molecule has 0 fully saturated rings. The molecule has 94 valence electrons. The number of ether oxygens (including phenoxy) is 1. The molecule has 1 unspecified atom stereocenters. The van der Waals surface area contributed by atoms with Gasteiger partial charge in [0.25, 0.3) is 0 Å². The molecule has 0 amide bonds. The zero-order valence-corrected chi connectivity index (χ0v) is 9.85. The molecule has 1 rings (SSSR count). The van der Waals surface area contributed by atoms with E-state index in [1.165, 1.54) is 0 Å². The van der Waals surface area contributed by atoms with Gasteiger partial charge in [0.15, 0.2) is 0 Å². The van der Waals surface area contributed by atoms with Gasteiger partial charge in [-0.2, -0.15) is 0 Å². The van der Waals surface area contributed by atoms with Crippen LogP contribution in [0.15, 0.2) is 24.3 Å². The molecule has 5 nitrogen and oxygen atoms in total. The highest BCUT2D eigenvalue weighted by atomic mass is 16.5. The molecule has 0 aliphatic rings. The molecule has 1 aromatic rings. The first-order chi connectivity index (χ1) is 8.13. The molecular weight excluding hydrogens is 220 g/mol. The van der Waals surface area contributed by atoms with Crippen molar-refractivity contribution in [2.45, 2.75) is 19.2 Å². The van der Waals surface area contributed by atoms with Gasteiger partial charge in [-0.15, -0.1) is 0 Å². The van der Waals surface area contributed by atoms with Gasteiger partial charge in [0, 0.05) is 20.2 Å². The molecular formula is C12H18N2O3. The summed E-state index contributed by atoms with van der Waals surface area (Å²) in [6.45, 7) is 1.42. The second-order valence-electron chi connectivity index (χ2n) is 3.83. The van der Waals surface area contributed by atoms with Crippen molar-refractivity contribution < 1.29 is 14.6 Å². The maximum atomic E-state index is 10.5. The average Bonchev–Trinajstić information content (AvgIpc) is 2.29. The number of aliphatic carboxylic acids is 1. The summed E-state index contributed by atoms with van der Waals surface area (Å²) in [7, 11) is 1.65. The van der Waals surface area contributed by atoms with E-state index >= 15 is 0 Å². The Labute approximate surface area is 101 Å². The molecule has 1 atom stereocenters. The summed E-state index contributed by atoms with van der Waals surface area (Å²) >= 11 is 0. The Bertz CT molecular complexity index is 369. The lowest BCUT2D eigenvalue weighted by Crippen LogP contribution is -2.40. The van der Waals surface area contributed by atoms with Gasteiger partial charge >= 0.3 is 5.97 Å². The highest BCUT2D eigenvalue weighted by molar-refractivity contribution is 5.73. The molecule has 1 aromatic carbocycles. The number of nitrogens with one attached hydrogen (secondary N) is 1. The summed E-state index contributed by atoms with van der Waals surface area (Å²) < 4.78 is 5.04. The van der Waals surface area contributed by atoms with Crippen molar-refractivity contribution in [1.82, 2.24) is 5.32 Å². The minimum atomic E-state index is -0.995. The minimum absolute atomic E-state index is 0.254. The molecule has 0 heterocycles. The van der Waals surface area contributed by atoms with Crippen LogP contribution < -0.4 is 11.1 Å². The molecule has 0 aliphatic heterocycles. The van der Waals surface area contributed by atoms with Gasteiger partial charge in [-0.1, -0.05) is 24.3 Å². The van der Waals surface area contributed by atoms with Crippen molar-refractivity contribution in [2.24, 2.45) is 5.73 Å². The molecule has 0 aromatic heterocycles. The Morgan fingerprint density at radius 2 is 2.24 bits per heavy atom. The van der Waals surface area contributed by atoms with Crippen LogP contribution in [0.1, 0.15) is 11.1 Å². The van der Waals surface area contributed by atoms with Crippen molar-refractivity contribution >= 4 is 5.97 Å². The fraction of sp³-hybridized carbons (Fsp3) is 0.417. The number of carboxylic acid groups (broad SMARTS) is 1. The van der Waals surface area contributed by atoms with Crippen LogP contribution in [-0.4, -0.2) is 30.8 Å². The second-order valence-corrected chi connectivity index (χ2v) is 3.83. The number of hydrogen-bond donors (Lipinski definition) is 3. The van der Waals surface area contributed by atoms with Crippen LogP contribution in [0.5, 0.6) is 0 Å². The Balaban J connectivity index is 2.41. The minimum Gasteiger partial charge on any atom is -0.480 e. The van der Waals surface area contributed by atoms with Crippen LogP contribution in [0.2, 0.25) is 0 Å². The monoisotopic (exact) mass is 238 g/mol. The van der Waals surface area contributed by atoms with Gasteiger partial charge in [-0.05, 0) is 11.1 Å². The summed E-state index contributed by atoms with van der Waals surface area (Å²) in [5.74, 6) is -0.995. The molecule has 0 aliphatic carbocycles. The van der Waals surface area contributed by atoms with Crippen LogP contribution in [-0.2, 0) is 22.7 Å². The van der Waals surface area contributed by atoms with Gasteiger partial charge in [0.05, 0.1) is 6.61 Å². The molecule has 0 saturated heterocycles. The smallest absolute Gasteiger partial charge is 0.321 e. The van der Waals surface area contributed by atoms with Crippen molar-refractivity contribution in [1.29, 1.82) is 0 Å². The van der Waals surface area contributed by atoms with E-state index in [1.54, 1.807) is 7.11 Å². The van der Waals surface area contributed by atoms with E-state index in [-0.39, 0.29) is 6.54 Å². The summed E-state index contributed by atoms with van der Waals surface area (Å²) in [6.07, 6.45) is 0. The van der Waals surface area contributed by atoms with Gasteiger partial charge in [0.2, 0.25) is 0 Å². The second kappa shape index (κ2) is 7.01. The zero-order valence-electron chi connectivity index (χ0n) is 9.85. The van der Waals surface area contributed by atoms with E-state index in [4.69, 9.17) is 15.6 Å². The maximum Gasteiger partial charge on any atom is 0.321 e. The Hall–Kier alpha value is -1.43. The predicted molar refractivity (Wildman–Crippen MR) is 64.5 cm³/mol. The first kappa shape index (κ1) is 13.6. The lowest BCUT2D eigenvalue weighted by Gasteiger charge is -2.09. The van der Waals surface area contributed by atoms with Crippen LogP contribution in [0.3, 0.4) is 0 Å². The first-order valence-electron chi connectivity index (χ1n) is 5.39. The number of nitrogens with two attached hydrogens (primary N) is 1. The van der Waals surface area contributed by atoms with Crippen molar-refractivity contribution in [3.63, 3.8) is 0 Å². The lowest BCUT2D eigenvalue weighted by molar-refractivity contribution is -0.138. The first-order valence-corrected chi connectivity index (χ1v) is 5.39. The quantitative estimate of drug-likeness (QED) is 0.637. The van der Waals surface area contributed by atoms with Gasteiger partial charge < -0.3 is 20.9 Å². The van der Waals surface area contributed by atoms with Crippen molar-refractivity contribution in [3.8, 4) is 0 Å². The number of hydrogen-bond acceptors (Lipinski definition) is 4. The van der Waals surface area contributed by atoms with E-state index in [0.717, 1.165) is 11.1 Å². The number of rotatable bonds is 7. The zero-order chi connectivity index (χ0) is 12.7. The van der Waals surface area contributed by atoms with Gasteiger partial charge in [-0.3, -0.25) is 4.79 Å². The largest absolute Gasteiger partial charge is 0.480 e. The van der Waals surface area contributed by atoms with Crippen LogP contribution in [0, 0.1) is 0 Å². The number of methoxy groups -OCH3 is 1. The third-order valence-corrected chi connectivity index (χ3v) is 2.31. The highest BCUT2D eigenvalue weighted by Gasteiger charge is 2.09. The van der Waals surface area contributed by atoms with E-state index in [2.05, 4.69) is 5.32 Å². The third-order valence-electron chi connectivity index (χ3n) is 2.31. The molecule has 0 spiro atoms. The van der Waals surface area contributed by atoms with Crippen LogP contribution in [0.4, 0.5) is 0 Å². The summed E-state index contributed by atoms with van der Waals surface area (Å²) in [5, 5.41) is 11.6. The predicted octanol–water partition coefficient (Wildman–Crippen LogP) is 0.335. The molecule has 17 heavy (non-hydrogen) atoms. The standard InChI is InChI=1S/C12H18N2O3/c1-17-8-10-4-2-3-9(5-10)6-14-7-11(13)12(15)16/h2-5,11,14H,6-8,13H2,1H3,(H,15,16). The molecule has 5 heteroatoms. The van der Waals surface area contributed by atoms with E-state index in [9.17, 15) is 4.79 Å². The fourth-order valence-electron chi connectivity index (χ4n) is 1.46. The molecule has 0 saturated carbocycles. The summed E-state index contributed by atoms with van der Waals surface area (Å²) in [4.78, 5) is 10.5. The maximum absolute atomic E-state index is 10.5. The lowest BCUT2D eigenvalue weighted by atomic mass is 10.1. The van der Waals surface area contributed by atoms with Crippen molar-refractivity contribution in [2.75, 3.05) is 13.7 Å². The van der Waals surface area contributed by atoms with E-state index in [1.807, 2.05) is 24.3 Å². The Morgan fingerprint density at radius 1 is 1.53 bits per heavy atom. The number of carbonyl (C=O) groups is 1. The third kappa shape index (κ3) is 4.95. The van der Waals surface area contributed by atoms with E-state index < -0.39 is 12.0 Å². The summed E-state index contributed by atoms with van der Waals surface area (Å²) in [6, 6.07) is 7.05. The SMILES string of the molecule is COCc1cccc(CNCC(N)C(=O)O)c1. The summed E-state index contributed by atoms with van der Waals surface area (Å²) in [5.41, 5.74) is 7.55. The molecule has 0 bridgehead atoms. The Morgan fingerprint density at radius 3 is 2.88 bits per heavy atom. The number of benzene rings is 1. The highest BCUT2D eigenvalue weighted by Crippen LogP contribution is 2.06. The topological polar surface area (TPSA) is 84.6 Å². The average molecular weight is 238 g/mol. The van der Waals surface area contributed by atoms with Gasteiger partial charge in [0.1, 0.15) is 6.04 Å². The fourth-order valence-corrected chi connectivity index (χ4v) is 1.46. The normalized spacial score (nSPS) is 12.4. The van der Waals surface area contributed by atoms with E-state index in [0.29, 0.717) is 13.2 Å². The molecule has 4 N–H and O–H groups in total. The molecule has 0 radical (unpaired) electrons. The van der Waals surface area contributed by atoms with Gasteiger partial charge in [-0.25, -0.2) is 0 Å². The number of carboxylic acids is 1. The van der Waals surface area contributed by atoms with Crippen LogP contribution in [0.25, 0.3) is 0 Å². The van der Waals surface area contributed by atoms with Crippen molar-refractivity contribution in [3.05, 3.63) is 35.4 Å².